The summed E-state index contributed by atoms with van der Waals surface area (Å²) in [6, 6.07) is 4.25. The molecule has 2 fully saturated rings. The molecule has 0 bridgehead atoms. The van der Waals surface area contributed by atoms with Crippen molar-refractivity contribution in [1.82, 2.24) is 25.4 Å². The summed E-state index contributed by atoms with van der Waals surface area (Å²) in [7, 11) is 0. The fraction of sp³-hybridized carbons (Fsp3) is 0.458. The number of H-pyrrole nitrogens is 1. The van der Waals surface area contributed by atoms with Crippen molar-refractivity contribution in [3.05, 3.63) is 57.7 Å². The lowest BCUT2D eigenvalue weighted by Gasteiger charge is -2.32. The fourth-order valence-corrected chi connectivity index (χ4v) is 5.04. The van der Waals surface area contributed by atoms with Crippen LogP contribution in [-0.4, -0.2) is 64.2 Å². The van der Waals surface area contributed by atoms with E-state index in [-0.39, 0.29) is 18.6 Å². The summed E-state index contributed by atoms with van der Waals surface area (Å²) in [6.45, 7) is 2.62. The number of carboxylic acids is 1. The lowest BCUT2D eigenvalue weighted by atomic mass is 9.99. The molecular weight excluding hydrogens is 438 g/mol. The number of rotatable bonds is 8. The average molecular weight is 468 g/mol. The zero-order valence-corrected chi connectivity index (χ0v) is 18.9. The molecule has 1 aromatic carbocycles. The molecule has 0 saturated carbocycles. The Bertz CT molecular complexity index is 1210. The van der Waals surface area contributed by atoms with E-state index in [9.17, 15) is 19.5 Å². The third-order valence-electron chi connectivity index (χ3n) is 6.77. The van der Waals surface area contributed by atoms with Crippen LogP contribution in [0.1, 0.15) is 43.7 Å². The molecule has 3 aliphatic heterocycles. The van der Waals surface area contributed by atoms with Crippen molar-refractivity contribution >= 4 is 23.1 Å². The highest BCUT2D eigenvalue weighted by atomic mass is 16.4. The maximum absolute atomic E-state index is 13.2. The minimum atomic E-state index is -0.995. The molecule has 4 heterocycles. The SMILES string of the molecule is O=C(O)C[C@H](c1ccc2[nH]c(=O)oc2c1)N1CCN(CCCC2=CC=C3CCCNC3N2)C1=O. The molecule has 4 N–H and O–H groups in total. The number of aromatic amines is 1. The number of aliphatic carboxylic acids is 1. The summed E-state index contributed by atoms with van der Waals surface area (Å²) in [4.78, 5) is 42.2. The van der Waals surface area contributed by atoms with Crippen LogP contribution in [0.15, 0.2) is 50.8 Å². The van der Waals surface area contributed by atoms with Crippen LogP contribution >= 0.6 is 0 Å². The number of nitrogens with zero attached hydrogens (tertiary/aromatic N) is 2. The molecule has 180 valence electrons. The van der Waals surface area contributed by atoms with Gasteiger partial charge in [0.05, 0.1) is 24.1 Å². The van der Waals surface area contributed by atoms with Gasteiger partial charge in [0.15, 0.2) is 5.58 Å². The largest absolute Gasteiger partial charge is 0.481 e. The number of benzene rings is 1. The Morgan fingerprint density at radius 1 is 1.24 bits per heavy atom. The van der Waals surface area contributed by atoms with Crippen molar-refractivity contribution in [3.8, 4) is 0 Å². The molecule has 2 amide bonds. The molecule has 34 heavy (non-hydrogen) atoms. The zero-order valence-electron chi connectivity index (χ0n) is 18.9. The minimum absolute atomic E-state index is 0.163. The van der Waals surface area contributed by atoms with Crippen molar-refractivity contribution < 1.29 is 19.1 Å². The summed E-state index contributed by atoms with van der Waals surface area (Å²) in [5.41, 5.74) is 4.07. The van der Waals surface area contributed by atoms with Crippen molar-refractivity contribution in [2.75, 3.05) is 26.2 Å². The molecule has 10 nitrogen and oxygen atoms in total. The Morgan fingerprint density at radius 3 is 2.97 bits per heavy atom. The number of oxazole rings is 1. The normalized spacial score (nSPS) is 21.2. The lowest BCUT2D eigenvalue weighted by Crippen LogP contribution is -2.47. The van der Waals surface area contributed by atoms with Crippen LogP contribution in [0.3, 0.4) is 0 Å². The first kappa shape index (κ1) is 22.3. The van der Waals surface area contributed by atoms with E-state index in [2.05, 4.69) is 27.8 Å². The van der Waals surface area contributed by atoms with E-state index in [0.717, 1.165) is 37.9 Å². The second-order valence-electron chi connectivity index (χ2n) is 9.02. The van der Waals surface area contributed by atoms with Gasteiger partial charge >= 0.3 is 17.8 Å². The van der Waals surface area contributed by atoms with E-state index < -0.39 is 17.8 Å². The highest BCUT2D eigenvalue weighted by Gasteiger charge is 2.35. The first-order valence-electron chi connectivity index (χ1n) is 11.8. The number of aromatic nitrogens is 1. The monoisotopic (exact) mass is 467 g/mol. The van der Waals surface area contributed by atoms with E-state index >= 15 is 0 Å². The summed E-state index contributed by atoms with van der Waals surface area (Å²) >= 11 is 0. The number of dihydropyridines is 1. The molecule has 2 aromatic rings. The first-order chi connectivity index (χ1) is 16.5. The number of hydrogen-bond acceptors (Lipinski definition) is 6. The highest BCUT2D eigenvalue weighted by Crippen LogP contribution is 2.30. The summed E-state index contributed by atoms with van der Waals surface area (Å²) in [6.07, 6.45) is 8.27. The van der Waals surface area contributed by atoms with Crippen LogP contribution in [0.5, 0.6) is 0 Å². The fourth-order valence-electron chi connectivity index (χ4n) is 5.04. The van der Waals surface area contributed by atoms with Crippen LogP contribution in [0.2, 0.25) is 0 Å². The molecule has 3 aliphatic rings. The Morgan fingerprint density at radius 2 is 2.12 bits per heavy atom. The van der Waals surface area contributed by atoms with Gasteiger partial charge < -0.3 is 24.6 Å². The molecule has 5 rings (SSSR count). The van der Waals surface area contributed by atoms with Gasteiger partial charge in [-0.2, -0.15) is 0 Å². The third kappa shape index (κ3) is 4.58. The standard InChI is InChI=1S/C24H29N5O5/c30-21(31)14-19(16-6-8-18-20(13-16)34-23(32)27-18)29-12-11-28(24(29)33)10-2-4-17-7-5-15-3-1-9-25-22(15)26-17/h5-8,13,19,22,25-26H,1-4,9-12,14H2,(H,27,32)(H,30,31)/t19-,22?/m1/s1. The quantitative estimate of drug-likeness (QED) is 0.468. The highest BCUT2D eigenvalue weighted by molar-refractivity contribution is 5.79. The molecule has 0 aliphatic carbocycles. The van der Waals surface area contributed by atoms with Crippen molar-refractivity contribution in [2.24, 2.45) is 0 Å². The number of urea groups is 1. The predicted octanol–water partition coefficient (Wildman–Crippen LogP) is 2.28. The van der Waals surface area contributed by atoms with Gasteiger partial charge in [0, 0.05) is 25.3 Å². The maximum atomic E-state index is 13.2. The van der Waals surface area contributed by atoms with Crippen LogP contribution in [0.4, 0.5) is 4.79 Å². The summed E-state index contributed by atoms with van der Waals surface area (Å²) in [5, 5.41) is 16.5. The molecule has 0 radical (unpaired) electrons. The Labute approximate surface area is 196 Å². The van der Waals surface area contributed by atoms with E-state index in [1.165, 1.54) is 5.57 Å². The van der Waals surface area contributed by atoms with Gasteiger partial charge in [0.2, 0.25) is 0 Å². The maximum Gasteiger partial charge on any atom is 0.417 e. The van der Waals surface area contributed by atoms with Gasteiger partial charge in [0.1, 0.15) is 0 Å². The topological polar surface area (TPSA) is 131 Å². The molecule has 1 aromatic heterocycles. The van der Waals surface area contributed by atoms with E-state index in [0.29, 0.717) is 36.3 Å². The number of amides is 2. The number of hydrogen-bond donors (Lipinski definition) is 4. The van der Waals surface area contributed by atoms with Crippen LogP contribution in [0.25, 0.3) is 11.1 Å². The molecule has 0 spiro atoms. The van der Waals surface area contributed by atoms with Crippen molar-refractivity contribution in [2.45, 2.75) is 44.3 Å². The first-order valence-corrected chi connectivity index (χ1v) is 11.8. The minimum Gasteiger partial charge on any atom is -0.481 e. The molecule has 2 atom stereocenters. The van der Waals surface area contributed by atoms with Gasteiger partial charge in [-0.1, -0.05) is 12.1 Å². The second kappa shape index (κ2) is 9.38. The number of carboxylic acid groups (broad SMARTS) is 1. The number of fused-ring (bicyclic) bond motifs is 2. The number of nitrogens with one attached hydrogen (secondary N) is 3. The Hall–Kier alpha value is -3.53. The van der Waals surface area contributed by atoms with Crippen molar-refractivity contribution in [1.29, 1.82) is 0 Å². The number of piperidine rings is 1. The molecule has 10 heteroatoms. The number of allylic oxidation sites excluding steroid dienone is 3. The number of carbonyl (C=O) groups excluding carboxylic acids is 1. The Kier molecular flexibility index (Phi) is 6.14. The second-order valence-corrected chi connectivity index (χ2v) is 9.02. The number of carbonyl (C=O) groups is 2. The Balaban J connectivity index is 1.23. The van der Waals surface area contributed by atoms with Gasteiger partial charge in [-0.05, 0) is 61.6 Å². The van der Waals surface area contributed by atoms with Gasteiger partial charge in [0.25, 0.3) is 0 Å². The van der Waals surface area contributed by atoms with E-state index in [1.807, 2.05) is 0 Å². The zero-order chi connectivity index (χ0) is 23.7. The average Bonchev–Trinajstić information content (AvgIpc) is 3.38. The van der Waals surface area contributed by atoms with Crippen molar-refractivity contribution in [3.63, 3.8) is 0 Å². The van der Waals surface area contributed by atoms with Crippen LogP contribution in [0, 0.1) is 0 Å². The van der Waals surface area contributed by atoms with Crippen LogP contribution < -0.4 is 16.4 Å². The van der Waals surface area contributed by atoms with Gasteiger partial charge in [-0.25, -0.2) is 9.59 Å². The van der Waals surface area contributed by atoms with E-state index in [4.69, 9.17) is 4.42 Å². The third-order valence-corrected chi connectivity index (χ3v) is 6.77. The molecule has 1 unspecified atom stereocenters. The lowest BCUT2D eigenvalue weighted by molar-refractivity contribution is -0.138. The van der Waals surface area contributed by atoms with Crippen LogP contribution in [-0.2, 0) is 4.79 Å². The molecular formula is C24H29N5O5. The van der Waals surface area contributed by atoms with Gasteiger partial charge in [-0.3, -0.25) is 15.1 Å². The van der Waals surface area contributed by atoms with E-state index in [1.54, 1.807) is 28.0 Å². The molecule has 2 saturated heterocycles. The summed E-state index contributed by atoms with van der Waals surface area (Å²) in [5.74, 6) is -1.56. The van der Waals surface area contributed by atoms with Gasteiger partial charge in [-0.15, -0.1) is 0 Å². The predicted molar refractivity (Wildman–Crippen MR) is 125 cm³/mol. The smallest absolute Gasteiger partial charge is 0.417 e. The summed E-state index contributed by atoms with van der Waals surface area (Å²) < 4.78 is 5.13.